The molecule has 1 saturated heterocycles. The molecule has 1 rings (SSSR count). The molecular formula is C9H19O5P. The topological polar surface area (TPSA) is 54.0 Å². The van der Waals surface area contributed by atoms with Gasteiger partial charge in [0.15, 0.2) is 0 Å². The molecule has 6 heteroatoms. The molecule has 0 aromatic rings. The van der Waals surface area contributed by atoms with Crippen molar-refractivity contribution in [1.29, 1.82) is 0 Å². The molecule has 15 heavy (non-hydrogen) atoms. The van der Waals surface area contributed by atoms with Crippen molar-refractivity contribution in [3.8, 4) is 0 Å². The summed E-state index contributed by atoms with van der Waals surface area (Å²) in [6.07, 6.45) is 0. The van der Waals surface area contributed by atoms with Gasteiger partial charge in [0.05, 0.1) is 33.0 Å². The van der Waals surface area contributed by atoms with Crippen molar-refractivity contribution in [2.45, 2.75) is 20.8 Å². The minimum Gasteiger partial charge on any atom is -0.380 e. The van der Waals surface area contributed by atoms with E-state index < -0.39 is 7.82 Å². The van der Waals surface area contributed by atoms with Gasteiger partial charge in [-0.25, -0.2) is 4.57 Å². The molecule has 0 aromatic heterocycles. The highest BCUT2D eigenvalue weighted by Gasteiger charge is 2.37. The Kier molecular flexibility index (Phi) is 4.74. The lowest BCUT2D eigenvalue weighted by Crippen LogP contribution is -2.43. The number of phosphoric acid groups is 1. The summed E-state index contributed by atoms with van der Waals surface area (Å²) in [6.45, 7) is 7.74. The third-order valence-corrected chi connectivity index (χ3v) is 3.64. The Hall–Kier alpha value is 0.0700. The number of hydrogen-bond acceptors (Lipinski definition) is 5. The maximum absolute atomic E-state index is 11.9. The Morgan fingerprint density at radius 3 is 2.07 bits per heavy atom. The largest absolute Gasteiger partial charge is 0.474 e. The molecule has 0 N–H and O–H groups in total. The van der Waals surface area contributed by atoms with E-state index in [4.69, 9.17) is 18.3 Å². The van der Waals surface area contributed by atoms with Gasteiger partial charge < -0.3 is 4.74 Å². The van der Waals surface area contributed by atoms with Crippen molar-refractivity contribution < 1.29 is 22.9 Å². The molecular weight excluding hydrogens is 219 g/mol. The summed E-state index contributed by atoms with van der Waals surface area (Å²) in [5.41, 5.74) is -0.0517. The van der Waals surface area contributed by atoms with E-state index in [1.54, 1.807) is 13.8 Å². The van der Waals surface area contributed by atoms with Crippen LogP contribution >= 0.6 is 7.82 Å². The third kappa shape index (κ3) is 3.85. The normalized spacial score (nSPS) is 19.9. The number of hydrogen-bond donors (Lipinski definition) is 0. The summed E-state index contributed by atoms with van der Waals surface area (Å²) in [4.78, 5) is 0. The first-order valence-electron chi connectivity index (χ1n) is 5.15. The van der Waals surface area contributed by atoms with Gasteiger partial charge >= 0.3 is 7.82 Å². The first-order chi connectivity index (χ1) is 7.04. The van der Waals surface area contributed by atoms with Gasteiger partial charge in [-0.05, 0) is 13.8 Å². The summed E-state index contributed by atoms with van der Waals surface area (Å²) in [5, 5.41) is 0. The Labute approximate surface area is 90.7 Å². The van der Waals surface area contributed by atoms with Crippen LogP contribution in [-0.4, -0.2) is 33.0 Å². The van der Waals surface area contributed by atoms with Gasteiger partial charge in [-0.15, -0.1) is 0 Å². The van der Waals surface area contributed by atoms with Crippen LogP contribution < -0.4 is 0 Å². The standard InChI is InChI=1S/C9H19O5P/c1-4-12-15(10,13-5-2)14-8-9(3)6-11-7-9/h4-8H2,1-3H3. The fourth-order valence-electron chi connectivity index (χ4n) is 1.20. The first-order valence-corrected chi connectivity index (χ1v) is 6.61. The maximum atomic E-state index is 11.9. The highest BCUT2D eigenvalue weighted by molar-refractivity contribution is 7.48. The molecule has 0 saturated carbocycles. The average Bonchev–Trinajstić information content (AvgIpc) is 2.13. The van der Waals surface area contributed by atoms with Crippen LogP contribution in [0.25, 0.3) is 0 Å². The fourth-order valence-corrected chi connectivity index (χ4v) is 2.52. The monoisotopic (exact) mass is 238 g/mol. The lowest BCUT2D eigenvalue weighted by molar-refractivity contribution is -0.124. The zero-order valence-electron chi connectivity index (χ0n) is 9.52. The van der Waals surface area contributed by atoms with Gasteiger partial charge in [-0.3, -0.25) is 13.6 Å². The predicted octanol–water partition coefficient (Wildman–Crippen LogP) is 2.22. The van der Waals surface area contributed by atoms with E-state index in [1.807, 2.05) is 6.92 Å². The Morgan fingerprint density at radius 1 is 1.20 bits per heavy atom. The van der Waals surface area contributed by atoms with Crippen LogP contribution in [0.2, 0.25) is 0 Å². The van der Waals surface area contributed by atoms with E-state index in [1.165, 1.54) is 0 Å². The minimum absolute atomic E-state index is 0.0517. The van der Waals surface area contributed by atoms with Crippen molar-refractivity contribution in [1.82, 2.24) is 0 Å². The van der Waals surface area contributed by atoms with Crippen LogP contribution in [0.3, 0.4) is 0 Å². The van der Waals surface area contributed by atoms with Crippen molar-refractivity contribution >= 4 is 7.82 Å². The molecule has 0 unspecified atom stereocenters. The van der Waals surface area contributed by atoms with Crippen LogP contribution in [0.4, 0.5) is 0 Å². The average molecular weight is 238 g/mol. The van der Waals surface area contributed by atoms with Gasteiger partial charge in [0, 0.05) is 5.41 Å². The second-order valence-electron chi connectivity index (χ2n) is 3.86. The van der Waals surface area contributed by atoms with Crippen LogP contribution in [0.15, 0.2) is 0 Å². The molecule has 0 aromatic carbocycles. The number of rotatable bonds is 7. The molecule has 1 fully saturated rings. The molecule has 0 aliphatic carbocycles. The summed E-state index contributed by atoms with van der Waals surface area (Å²) >= 11 is 0. The molecule has 1 heterocycles. The van der Waals surface area contributed by atoms with Gasteiger partial charge in [0.1, 0.15) is 0 Å². The van der Waals surface area contributed by atoms with Crippen LogP contribution in [0, 0.1) is 5.41 Å². The summed E-state index contributed by atoms with van der Waals surface area (Å²) < 4.78 is 32.2. The van der Waals surface area contributed by atoms with Gasteiger partial charge in [0.2, 0.25) is 0 Å². The fraction of sp³-hybridized carbons (Fsp3) is 1.00. The second kappa shape index (κ2) is 5.41. The van der Waals surface area contributed by atoms with Crippen molar-refractivity contribution in [3.63, 3.8) is 0 Å². The zero-order valence-corrected chi connectivity index (χ0v) is 10.4. The molecule has 90 valence electrons. The molecule has 1 aliphatic heterocycles. The van der Waals surface area contributed by atoms with Crippen molar-refractivity contribution in [2.75, 3.05) is 33.0 Å². The first kappa shape index (κ1) is 13.1. The quantitative estimate of drug-likeness (QED) is 0.636. The molecule has 5 nitrogen and oxygen atoms in total. The van der Waals surface area contributed by atoms with E-state index in [0.717, 1.165) is 0 Å². The lowest BCUT2D eigenvalue weighted by Gasteiger charge is -2.37. The minimum atomic E-state index is -3.35. The van der Waals surface area contributed by atoms with Crippen molar-refractivity contribution in [3.05, 3.63) is 0 Å². The van der Waals surface area contributed by atoms with Crippen LogP contribution in [0.5, 0.6) is 0 Å². The highest BCUT2D eigenvalue weighted by Crippen LogP contribution is 2.50. The Morgan fingerprint density at radius 2 is 1.73 bits per heavy atom. The van der Waals surface area contributed by atoms with E-state index in [0.29, 0.717) is 33.0 Å². The summed E-state index contributed by atoms with van der Waals surface area (Å²) in [5.74, 6) is 0. The maximum Gasteiger partial charge on any atom is 0.474 e. The van der Waals surface area contributed by atoms with Crippen molar-refractivity contribution in [2.24, 2.45) is 5.41 Å². The SMILES string of the molecule is CCOP(=O)(OCC)OCC1(C)COC1. The lowest BCUT2D eigenvalue weighted by atomic mass is 9.90. The van der Waals surface area contributed by atoms with E-state index in [9.17, 15) is 4.57 Å². The predicted molar refractivity (Wildman–Crippen MR) is 55.7 cm³/mol. The molecule has 0 atom stereocenters. The Balaban J connectivity index is 2.40. The van der Waals surface area contributed by atoms with Gasteiger partial charge in [-0.1, -0.05) is 6.92 Å². The van der Waals surface area contributed by atoms with E-state index in [-0.39, 0.29) is 5.41 Å². The summed E-state index contributed by atoms with van der Waals surface area (Å²) in [6, 6.07) is 0. The molecule has 0 amide bonds. The molecule has 0 radical (unpaired) electrons. The summed E-state index contributed by atoms with van der Waals surface area (Å²) in [7, 11) is -3.35. The smallest absolute Gasteiger partial charge is 0.380 e. The molecule has 1 aliphatic rings. The third-order valence-electron chi connectivity index (χ3n) is 2.05. The van der Waals surface area contributed by atoms with Gasteiger partial charge in [-0.2, -0.15) is 0 Å². The molecule has 0 spiro atoms. The van der Waals surface area contributed by atoms with Gasteiger partial charge in [0.25, 0.3) is 0 Å². The number of phosphoric ester groups is 1. The van der Waals surface area contributed by atoms with Crippen LogP contribution in [0.1, 0.15) is 20.8 Å². The van der Waals surface area contributed by atoms with Crippen LogP contribution in [-0.2, 0) is 22.9 Å². The van der Waals surface area contributed by atoms with E-state index in [2.05, 4.69) is 0 Å². The highest BCUT2D eigenvalue weighted by atomic mass is 31.2. The van der Waals surface area contributed by atoms with E-state index >= 15 is 0 Å². The number of ether oxygens (including phenoxy) is 1. The second-order valence-corrected chi connectivity index (χ2v) is 5.53. The molecule has 0 bridgehead atoms. The zero-order chi connectivity index (χ0) is 11.4. The Bertz CT molecular complexity index is 229.